The maximum atomic E-state index is 13.5. The highest BCUT2D eigenvalue weighted by molar-refractivity contribution is 5.77. The highest BCUT2D eigenvalue weighted by Crippen LogP contribution is 2.37. The van der Waals surface area contributed by atoms with Gasteiger partial charge in [0, 0.05) is 22.9 Å². The van der Waals surface area contributed by atoms with Gasteiger partial charge in [0.2, 0.25) is 0 Å². The number of rotatable bonds is 16. The van der Waals surface area contributed by atoms with Crippen molar-refractivity contribution in [3.63, 3.8) is 0 Å². The van der Waals surface area contributed by atoms with Crippen molar-refractivity contribution in [2.24, 2.45) is 10.2 Å². The summed E-state index contributed by atoms with van der Waals surface area (Å²) in [5, 5.41) is 17.7. The zero-order chi connectivity index (χ0) is 48.9. The average molecular weight is 943 g/mol. The number of aliphatic hydroxyl groups excluding tert-OH is 1. The minimum atomic E-state index is -1.25. The summed E-state index contributed by atoms with van der Waals surface area (Å²) in [4.78, 5) is 48.5. The Balaban J connectivity index is 0.000000206. The third-order valence-electron chi connectivity index (χ3n) is 12.0. The van der Waals surface area contributed by atoms with E-state index in [-0.39, 0.29) is 19.8 Å². The number of esters is 1. The van der Waals surface area contributed by atoms with Crippen molar-refractivity contribution in [2.75, 3.05) is 0 Å². The monoisotopic (exact) mass is 942 g/mol. The molecule has 2 saturated heterocycles. The lowest BCUT2D eigenvalue weighted by Crippen LogP contribution is -2.47. The number of hydrogen-bond acceptors (Lipinski definition) is 10. The first kappa shape index (κ1) is 49.8. The Kier molecular flexibility index (Phi) is 18.4. The van der Waals surface area contributed by atoms with Gasteiger partial charge >= 0.3 is 18.2 Å². The lowest BCUT2D eigenvalue weighted by atomic mass is 9.92. The Morgan fingerprint density at radius 3 is 1.34 bits per heavy atom. The number of nitrogens with zero attached hydrogens (tertiary/aromatic N) is 8. The van der Waals surface area contributed by atoms with E-state index in [9.17, 15) is 19.5 Å². The van der Waals surface area contributed by atoms with Gasteiger partial charge in [0.15, 0.2) is 6.29 Å². The van der Waals surface area contributed by atoms with Gasteiger partial charge in [0.25, 0.3) is 0 Å². The fourth-order valence-electron chi connectivity index (χ4n) is 8.55. The van der Waals surface area contributed by atoms with Crippen LogP contribution in [-0.2, 0) is 50.0 Å². The number of carbonyl (C=O) groups excluding carboxylic acids is 3. The molecule has 16 nitrogen and oxygen atoms in total. The SMILES string of the molecule is [N-]=[N+]=NC1CC[C@@H](C(c2ccccc2)N(Cc2ccccc2)C(=O)OCc2ccccc2)OC1=O.[N-]=[N+]=NC1CC[C@@H](C(c2ccccc2)N(Cc2ccccc2)C(=O)OCc2ccccc2)OC1O. The zero-order valence-electron chi connectivity index (χ0n) is 38.4. The molecule has 0 spiro atoms. The molecule has 0 bridgehead atoms. The molecular formula is C54H54N8O8. The van der Waals surface area contributed by atoms with Crippen LogP contribution in [0.5, 0.6) is 0 Å². The molecule has 2 aliphatic heterocycles. The van der Waals surface area contributed by atoms with E-state index in [1.165, 1.54) is 0 Å². The fraction of sp³-hybridized carbons (Fsp3) is 0.278. The predicted octanol–water partition coefficient (Wildman–Crippen LogP) is 11.7. The Labute approximate surface area is 406 Å². The number of ether oxygens (including phenoxy) is 4. The molecule has 0 aromatic heterocycles. The van der Waals surface area contributed by atoms with Gasteiger partial charge in [0.05, 0.1) is 24.2 Å². The van der Waals surface area contributed by atoms with Gasteiger partial charge in [0.1, 0.15) is 25.4 Å². The average Bonchev–Trinajstić information content (AvgIpc) is 3.40. The first-order chi connectivity index (χ1) is 34.3. The summed E-state index contributed by atoms with van der Waals surface area (Å²) >= 11 is 0. The lowest BCUT2D eigenvalue weighted by molar-refractivity contribution is -0.189. The first-order valence-electron chi connectivity index (χ1n) is 23.1. The van der Waals surface area contributed by atoms with E-state index in [0.29, 0.717) is 32.2 Å². The normalized spacial score (nSPS) is 19.2. The van der Waals surface area contributed by atoms with Crippen molar-refractivity contribution in [1.82, 2.24) is 9.80 Å². The highest BCUT2D eigenvalue weighted by atomic mass is 16.6. The van der Waals surface area contributed by atoms with Crippen LogP contribution in [0.2, 0.25) is 0 Å². The smallest absolute Gasteiger partial charge is 0.411 e. The maximum absolute atomic E-state index is 13.5. The van der Waals surface area contributed by atoms with Crippen molar-refractivity contribution in [2.45, 2.75) is 94.7 Å². The molecule has 1 N–H and O–H groups in total. The molecule has 7 atom stereocenters. The van der Waals surface area contributed by atoms with Crippen LogP contribution >= 0.6 is 0 Å². The van der Waals surface area contributed by atoms with Crippen LogP contribution in [-0.4, -0.2) is 63.6 Å². The lowest BCUT2D eigenvalue weighted by Gasteiger charge is -2.41. The number of azide groups is 2. The second-order valence-corrected chi connectivity index (χ2v) is 16.7. The van der Waals surface area contributed by atoms with E-state index in [1.54, 1.807) is 9.80 Å². The van der Waals surface area contributed by atoms with Gasteiger partial charge in [-0.15, -0.1) is 0 Å². The van der Waals surface area contributed by atoms with E-state index >= 15 is 0 Å². The summed E-state index contributed by atoms with van der Waals surface area (Å²) in [6.45, 7) is 0.821. The fourth-order valence-corrected chi connectivity index (χ4v) is 8.55. The van der Waals surface area contributed by atoms with E-state index < -0.39 is 60.8 Å². The van der Waals surface area contributed by atoms with Crippen molar-refractivity contribution in [1.29, 1.82) is 0 Å². The van der Waals surface area contributed by atoms with Gasteiger partial charge in [-0.05, 0) is 70.1 Å². The van der Waals surface area contributed by atoms with Gasteiger partial charge in [-0.2, -0.15) is 0 Å². The van der Waals surface area contributed by atoms with Crippen molar-refractivity contribution in [3.8, 4) is 0 Å². The molecule has 5 unspecified atom stereocenters. The molecule has 6 aromatic carbocycles. The van der Waals surface area contributed by atoms with E-state index in [1.807, 2.05) is 182 Å². The molecule has 6 aromatic rings. The summed E-state index contributed by atoms with van der Waals surface area (Å²) in [5.41, 5.74) is 22.8. The highest BCUT2D eigenvalue weighted by Gasteiger charge is 2.41. The Bertz CT molecular complexity index is 2660. The maximum Gasteiger partial charge on any atom is 0.411 e. The molecule has 0 radical (unpaired) electrons. The molecule has 8 rings (SSSR count). The summed E-state index contributed by atoms with van der Waals surface area (Å²) in [6.07, 6.45) is -1.68. The van der Waals surface area contributed by atoms with E-state index in [2.05, 4.69) is 20.1 Å². The summed E-state index contributed by atoms with van der Waals surface area (Å²) < 4.78 is 23.2. The van der Waals surface area contributed by atoms with Gasteiger partial charge in [-0.1, -0.05) is 192 Å². The third-order valence-corrected chi connectivity index (χ3v) is 12.0. The second kappa shape index (κ2) is 25.9. The van der Waals surface area contributed by atoms with Gasteiger partial charge in [-0.3, -0.25) is 14.6 Å². The predicted molar refractivity (Wildman–Crippen MR) is 261 cm³/mol. The molecule has 2 fully saturated rings. The van der Waals surface area contributed by atoms with Gasteiger partial charge < -0.3 is 24.1 Å². The van der Waals surface area contributed by atoms with E-state index in [0.717, 1.165) is 33.4 Å². The zero-order valence-corrected chi connectivity index (χ0v) is 38.4. The number of benzene rings is 6. The van der Waals surface area contributed by atoms with Crippen molar-refractivity contribution >= 4 is 18.2 Å². The molecule has 70 heavy (non-hydrogen) atoms. The van der Waals surface area contributed by atoms with Crippen LogP contribution < -0.4 is 0 Å². The molecular weight excluding hydrogens is 889 g/mol. The van der Waals surface area contributed by atoms with Crippen LogP contribution in [0.25, 0.3) is 20.9 Å². The standard InChI is InChI=1S/C27H28N4O4.C27H26N4O4/c2*28-30-29-23-16-17-24(35-26(23)32)25(22-14-8-3-9-15-22)31(18-20-10-4-1-5-11-20)27(33)34-19-21-12-6-2-7-13-21/h1-15,23-26,32H,16-19H2;1-15,23-25H,16-19H2/t23?,24-,25?,26?;23?,24-,25?/m00/s1. The Morgan fingerprint density at radius 1 is 0.557 bits per heavy atom. The molecule has 2 amide bonds. The quantitative estimate of drug-likeness (QED) is 0.0323. The number of aliphatic hydroxyl groups is 1. The molecule has 2 aliphatic rings. The molecule has 0 saturated carbocycles. The van der Waals surface area contributed by atoms with Crippen molar-refractivity contribution < 1.29 is 38.4 Å². The Hall–Kier alpha value is -8.13. The number of amides is 2. The largest absolute Gasteiger partial charge is 0.459 e. The molecule has 358 valence electrons. The molecule has 16 heteroatoms. The molecule has 2 heterocycles. The number of cyclic esters (lactones) is 1. The van der Waals surface area contributed by atoms with Gasteiger partial charge in [-0.25, -0.2) is 9.59 Å². The topological polar surface area (TPSA) is 212 Å². The summed E-state index contributed by atoms with van der Waals surface area (Å²) in [6, 6.07) is 54.6. The number of hydrogen-bond donors (Lipinski definition) is 1. The summed E-state index contributed by atoms with van der Waals surface area (Å²) in [5.74, 6) is -0.586. The van der Waals surface area contributed by atoms with Crippen LogP contribution in [0.1, 0.15) is 71.1 Å². The van der Waals surface area contributed by atoms with Crippen LogP contribution in [0.4, 0.5) is 9.59 Å². The van der Waals surface area contributed by atoms with Crippen LogP contribution in [0.15, 0.2) is 192 Å². The Morgan fingerprint density at radius 2 is 0.943 bits per heavy atom. The van der Waals surface area contributed by atoms with Crippen molar-refractivity contribution in [3.05, 3.63) is 236 Å². The van der Waals surface area contributed by atoms with Crippen LogP contribution in [0, 0.1) is 0 Å². The second-order valence-electron chi connectivity index (χ2n) is 16.7. The van der Waals surface area contributed by atoms with E-state index in [4.69, 9.17) is 30.0 Å². The summed E-state index contributed by atoms with van der Waals surface area (Å²) in [7, 11) is 0. The first-order valence-corrected chi connectivity index (χ1v) is 23.1. The molecule has 0 aliphatic carbocycles. The third kappa shape index (κ3) is 14.0. The minimum Gasteiger partial charge on any atom is -0.459 e. The number of carbonyl (C=O) groups is 3. The van der Waals surface area contributed by atoms with Crippen LogP contribution in [0.3, 0.4) is 0 Å². The minimum absolute atomic E-state index is 0.121.